The summed E-state index contributed by atoms with van der Waals surface area (Å²) >= 11 is 0. The molecule has 0 atom stereocenters. The van der Waals surface area contributed by atoms with Crippen molar-refractivity contribution in [2.45, 2.75) is 57.9 Å². The zero-order valence-electron chi connectivity index (χ0n) is 20.5. The van der Waals surface area contributed by atoms with Crippen LogP contribution in [0.4, 0.5) is 0 Å². The van der Waals surface area contributed by atoms with Gasteiger partial charge in [-0.25, -0.2) is 9.13 Å². The van der Waals surface area contributed by atoms with E-state index in [1.54, 1.807) is 0 Å². The van der Waals surface area contributed by atoms with Gasteiger partial charge in [0.15, 0.2) is 24.8 Å². The maximum atomic E-state index is 6.05. The number of fused-ring (bicyclic) bond motifs is 1. The molecule has 0 saturated heterocycles. The molecule has 2 aromatic heterocycles. The first-order valence-electron chi connectivity index (χ1n) is 12.8. The number of aromatic nitrogens is 2. The number of aryl methyl sites for hydroxylation is 2. The number of hydrogen-bond donors (Lipinski definition) is 0. The molecule has 0 unspecified atom stereocenters. The van der Waals surface area contributed by atoms with E-state index in [1.165, 1.54) is 66.8 Å². The SMILES string of the molecule is C[n+]1ccc(-c2cc[n+](CCCCCCCCCCOc3cccc4ccccc34)cc2)cc1. The molecule has 0 fully saturated rings. The van der Waals surface area contributed by atoms with Gasteiger partial charge in [0.2, 0.25) is 0 Å². The van der Waals surface area contributed by atoms with E-state index in [9.17, 15) is 0 Å². The lowest BCUT2D eigenvalue weighted by atomic mass is 10.1. The molecule has 4 aromatic rings. The minimum Gasteiger partial charge on any atom is -0.493 e. The summed E-state index contributed by atoms with van der Waals surface area (Å²) in [6.07, 6.45) is 18.9. The van der Waals surface area contributed by atoms with Crippen LogP contribution < -0.4 is 13.9 Å². The summed E-state index contributed by atoms with van der Waals surface area (Å²) in [7, 11) is 2.05. The van der Waals surface area contributed by atoms with Gasteiger partial charge in [-0.1, -0.05) is 68.5 Å². The van der Waals surface area contributed by atoms with Crippen LogP contribution in [0, 0.1) is 0 Å². The van der Waals surface area contributed by atoms with E-state index in [-0.39, 0.29) is 0 Å². The summed E-state index contributed by atoms with van der Waals surface area (Å²) < 4.78 is 10.4. The Labute approximate surface area is 204 Å². The van der Waals surface area contributed by atoms with Crippen LogP contribution in [0.3, 0.4) is 0 Å². The topological polar surface area (TPSA) is 17.0 Å². The lowest BCUT2D eigenvalue weighted by molar-refractivity contribution is -0.697. The van der Waals surface area contributed by atoms with Gasteiger partial charge < -0.3 is 4.74 Å². The van der Waals surface area contributed by atoms with Crippen molar-refractivity contribution in [1.82, 2.24) is 0 Å². The highest BCUT2D eigenvalue weighted by Gasteiger charge is 2.05. The van der Waals surface area contributed by atoms with Crippen LogP contribution in [-0.4, -0.2) is 6.61 Å². The molecule has 3 nitrogen and oxygen atoms in total. The molecule has 34 heavy (non-hydrogen) atoms. The van der Waals surface area contributed by atoms with Crippen molar-refractivity contribution in [3.63, 3.8) is 0 Å². The van der Waals surface area contributed by atoms with Crippen molar-refractivity contribution in [3.8, 4) is 16.9 Å². The first kappa shape index (κ1) is 23.9. The predicted octanol–water partition coefficient (Wildman–Crippen LogP) is 6.82. The first-order chi connectivity index (χ1) is 16.8. The number of unbranched alkanes of at least 4 members (excludes halogenated alkanes) is 7. The molecule has 0 aliphatic carbocycles. The summed E-state index contributed by atoms with van der Waals surface area (Å²) in [5, 5.41) is 2.46. The lowest BCUT2D eigenvalue weighted by Gasteiger charge is -2.09. The number of benzene rings is 2. The van der Waals surface area contributed by atoms with Gasteiger partial charge in [0.05, 0.1) is 6.61 Å². The summed E-state index contributed by atoms with van der Waals surface area (Å²) in [5.74, 6) is 1.01. The van der Waals surface area contributed by atoms with Crippen LogP contribution in [-0.2, 0) is 13.6 Å². The van der Waals surface area contributed by atoms with Crippen molar-refractivity contribution >= 4 is 10.8 Å². The molecule has 0 radical (unpaired) electrons. The second kappa shape index (κ2) is 12.9. The minimum absolute atomic E-state index is 0.812. The highest BCUT2D eigenvalue weighted by molar-refractivity contribution is 5.88. The number of ether oxygens (including phenoxy) is 1. The molecule has 0 aliphatic rings. The van der Waals surface area contributed by atoms with Gasteiger partial charge in [-0.15, -0.1) is 0 Å². The van der Waals surface area contributed by atoms with Gasteiger partial charge in [-0.2, -0.15) is 0 Å². The smallest absolute Gasteiger partial charge is 0.169 e. The molecular formula is C31H38N2O+2. The van der Waals surface area contributed by atoms with Crippen LogP contribution in [0.2, 0.25) is 0 Å². The Morgan fingerprint density at radius 1 is 0.588 bits per heavy atom. The molecule has 4 rings (SSSR count). The maximum absolute atomic E-state index is 6.05. The molecule has 0 spiro atoms. The van der Waals surface area contributed by atoms with E-state index in [0.717, 1.165) is 25.3 Å². The Bertz CT molecular complexity index is 1130. The fourth-order valence-electron chi connectivity index (χ4n) is 4.45. The molecule has 176 valence electrons. The fraction of sp³-hybridized carbons (Fsp3) is 0.355. The van der Waals surface area contributed by atoms with Crippen LogP contribution in [0.5, 0.6) is 5.75 Å². The Kier molecular flexibility index (Phi) is 9.07. The standard InChI is InChI=1S/C31H38N2O/c1-32-22-17-27(18-23-32)28-19-24-33(25-20-28)21-10-6-4-2-3-5-7-11-26-34-31-16-12-14-29-13-8-9-15-30(29)31/h8-9,12-20,22-25H,2-7,10-11,21,26H2,1H3/q+2. The molecule has 0 saturated carbocycles. The van der Waals surface area contributed by atoms with Crippen molar-refractivity contribution in [3.05, 3.63) is 91.5 Å². The summed E-state index contributed by atoms with van der Waals surface area (Å²) in [5.41, 5.74) is 2.55. The fourth-order valence-corrected chi connectivity index (χ4v) is 4.45. The first-order valence-corrected chi connectivity index (χ1v) is 12.8. The van der Waals surface area contributed by atoms with Crippen molar-refractivity contribution in [1.29, 1.82) is 0 Å². The maximum Gasteiger partial charge on any atom is 0.169 e. The van der Waals surface area contributed by atoms with Crippen molar-refractivity contribution in [2.24, 2.45) is 7.05 Å². The second-order valence-corrected chi connectivity index (χ2v) is 9.23. The molecule has 3 heteroatoms. The van der Waals surface area contributed by atoms with Gasteiger partial charge in [0.1, 0.15) is 19.3 Å². The van der Waals surface area contributed by atoms with Gasteiger partial charge in [-0.3, -0.25) is 0 Å². The van der Waals surface area contributed by atoms with Gasteiger partial charge in [0, 0.05) is 36.1 Å². The van der Waals surface area contributed by atoms with E-state index in [4.69, 9.17) is 4.74 Å². The van der Waals surface area contributed by atoms with Crippen LogP contribution in [0.15, 0.2) is 91.5 Å². The average molecular weight is 455 g/mol. The normalized spacial score (nSPS) is 11.1. The van der Waals surface area contributed by atoms with E-state index in [2.05, 4.69) is 101 Å². The number of pyridine rings is 2. The van der Waals surface area contributed by atoms with Crippen molar-refractivity contribution in [2.75, 3.05) is 6.61 Å². The molecule has 0 N–H and O–H groups in total. The number of hydrogen-bond acceptors (Lipinski definition) is 1. The zero-order chi connectivity index (χ0) is 23.4. The molecule has 0 aliphatic heterocycles. The third-order valence-corrected chi connectivity index (χ3v) is 6.52. The van der Waals surface area contributed by atoms with Crippen molar-refractivity contribution < 1.29 is 13.9 Å². The monoisotopic (exact) mass is 454 g/mol. The van der Waals surface area contributed by atoms with Crippen LogP contribution in [0.1, 0.15) is 51.4 Å². The predicted molar refractivity (Wildman–Crippen MR) is 140 cm³/mol. The molecule has 2 heterocycles. The Morgan fingerprint density at radius 2 is 1.18 bits per heavy atom. The Balaban J connectivity index is 1.02. The van der Waals surface area contributed by atoms with Gasteiger partial charge in [0.25, 0.3) is 0 Å². The van der Waals surface area contributed by atoms with Gasteiger partial charge >= 0.3 is 0 Å². The molecule has 0 bridgehead atoms. The van der Waals surface area contributed by atoms with E-state index >= 15 is 0 Å². The third kappa shape index (κ3) is 7.15. The van der Waals surface area contributed by atoms with Gasteiger partial charge in [-0.05, 0) is 35.4 Å². The minimum atomic E-state index is 0.812. The quantitative estimate of drug-likeness (QED) is 0.160. The van der Waals surface area contributed by atoms with Crippen LogP contribution >= 0.6 is 0 Å². The van der Waals surface area contributed by atoms with E-state index < -0.39 is 0 Å². The molecule has 0 amide bonds. The second-order valence-electron chi connectivity index (χ2n) is 9.23. The average Bonchev–Trinajstić information content (AvgIpc) is 2.88. The molecule has 2 aromatic carbocycles. The highest BCUT2D eigenvalue weighted by Crippen LogP contribution is 2.25. The number of nitrogens with zero attached hydrogens (tertiary/aromatic N) is 2. The zero-order valence-corrected chi connectivity index (χ0v) is 20.5. The summed E-state index contributed by atoms with van der Waals surface area (Å²) in [6.45, 7) is 1.92. The summed E-state index contributed by atoms with van der Waals surface area (Å²) in [4.78, 5) is 0. The van der Waals surface area contributed by atoms with Crippen LogP contribution in [0.25, 0.3) is 21.9 Å². The molecular weight excluding hydrogens is 416 g/mol. The highest BCUT2D eigenvalue weighted by atomic mass is 16.5. The van der Waals surface area contributed by atoms with E-state index in [1.807, 2.05) is 7.05 Å². The number of rotatable bonds is 13. The largest absolute Gasteiger partial charge is 0.493 e. The third-order valence-electron chi connectivity index (χ3n) is 6.52. The Hall–Kier alpha value is -3.20. The Morgan fingerprint density at radius 3 is 1.91 bits per heavy atom. The van der Waals surface area contributed by atoms with E-state index in [0.29, 0.717) is 0 Å². The lowest BCUT2D eigenvalue weighted by Crippen LogP contribution is -2.32. The summed E-state index contributed by atoms with van der Waals surface area (Å²) in [6, 6.07) is 23.5.